The first-order valence-electron chi connectivity index (χ1n) is 7.06. The van der Waals surface area contributed by atoms with E-state index < -0.39 is 5.92 Å². The Morgan fingerprint density at radius 3 is 2.50 bits per heavy atom. The minimum absolute atomic E-state index is 0.0363. The third-order valence-electron chi connectivity index (χ3n) is 4.20. The molecule has 0 N–H and O–H groups in total. The fourth-order valence-electron chi connectivity index (χ4n) is 3.03. The number of rotatable bonds is 3. The first-order chi connectivity index (χ1) is 8.63. The maximum absolute atomic E-state index is 12.3. The average molecular weight is 249 g/mol. The van der Waals surface area contributed by atoms with Crippen molar-refractivity contribution in [3.63, 3.8) is 0 Å². The largest absolute Gasteiger partial charge is 0.340 e. The highest BCUT2D eigenvalue weighted by Gasteiger charge is 2.35. The zero-order valence-corrected chi connectivity index (χ0v) is 11.4. The number of hydrogen-bond donors (Lipinski definition) is 0. The number of carbonyl (C=O) groups excluding carboxylic acids is 1. The second-order valence-electron chi connectivity index (χ2n) is 5.82. The van der Waals surface area contributed by atoms with E-state index in [0.29, 0.717) is 6.04 Å². The monoisotopic (exact) mass is 249 g/mol. The summed E-state index contributed by atoms with van der Waals surface area (Å²) in [6.45, 7) is 7.89. The van der Waals surface area contributed by atoms with Crippen LogP contribution in [0, 0.1) is 23.2 Å². The topological polar surface area (TPSA) is 47.3 Å². The Morgan fingerprint density at radius 1 is 1.28 bits per heavy atom. The summed E-state index contributed by atoms with van der Waals surface area (Å²) in [6.07, 6.45) is 3.65. The van der Waals surface area contributed by atoms with Crippen LogP contribution in [0.1, 0.15) is 33.1 Å². The van der Waals surface area contributed by atoms with Crippen LogP contribution in [0.25, 0.3) is 0 Å². The van der Waals surface area contributed by atoms with Crippen molar-refractivity contribution < 1.29 is 4.79 Å². The number of nitriles is 1. The minimum Gasteiger partial charge on any atom is -0.340 e. The lowest BCUT2D eigenvalue weighted by atomic mass is 9.96. The molecular formula is C14H23N3O. The summed E-state index contributed by atoms with van der Waals surface area (Å²) in [7, 11) is 0. The van der Waals surface area contributed by atoms with E-state index in [1.54, 1.807) is 0 Å². The Hall–Kier alpha value is -1.08. The molecule has 1 amide bonds. The molecule has 0 saturated carbocycles. The zero-order chi connectivity index (χ0) is 13.1. The van der Waals surface area contributed by atoms with Gasteiger partial charge in [0.1, 0.15) is 5.92 Å². The van der Waals surface area contributed by atoms with Crippen molar-refractivity contribution in [3.8, 4) is 6.07 Å². The molecule has 2 fully saturated rings. The first kappa shape index (κ1) is 13.4. The van der Waals surface area contributed by atoms with E-state index in [9.17, 15) is 4.79 Å². The van der Waals surface area contributed by atoms with Gasteiger partial charge in [0, 0.05) is 19.1 Å². The van der Waals surface area contributed by atoms with Gasteiger partial charge in [-0.15, -0.1) is 0 Å². The molecule has 4 heteroatoms. The molecule has 0 aromatic rings. The first-order valence-corrected chi connectivity index (χ1v) is 7.06. The fourth-order valence-corrected chi connectivity index (χ4v) is 3.03. The Morgan fingerprint density at radius 2 is 1.94 bits per heavy atom. The van der Waals surface area contributed by atoms with Crippen LogP contribution in [-0.4, -0.2) is 47.9 Å². The van der Waals surface area contributed by atoms with Gasteiger partial charge in [0.2, 0.25) is 5.91 Å². The van der Waals surface area contributed by atoms with Crippen molar-refractivity contribution in [2.75, 3.05) is 26.2 Å². The molecule has 2 saturated heterocycles. The molecule has 0 spiro atoms. The van der Waals surface area contributed by atoms with Crippen molar-refractivity contribution in [3.05, 3.63) is 0 Å². The molecule has 2 unspecified atom stereocenters. The normalized spacial score (nSPS) is 26.6. The van der Waals surface area contributed by atoms with Crippen molar-refractivity contribution in [2.45, 2.75) is 39.2 Å². The highest BCUT2D eigenvalue weighted by molar-refractivity contribution is 5.81. The molecule has 2 aliphatic rings. The van der Waals surface area contributed by atoms with Crippen LogP contribution in [-0.2, 0) is 4.79 Å². The predicted octanol–water partition coefficient (Wildman–Crippen LogP) is 1.48. The van der Waals surface area contributed by atoms with Crippen molar-refractivity contribution in [2.24, 2.45) is 11.8 Å². The Labute approximate surface area is 110 Å². The molecule has 4 nitrogen and oxygen atoms in total. The number of amides is 1. The van der Waals surface area contributed by atoms with E-state index >= 15 is 0 Å². The molecule has 2 heterocycles. The average Bonchev–Trinajstić information content (AvgIpc) is 3.00. The van der Waals surface area contributed by atoms with Gasteiger partial charge in [0.15, 0.2) is 0 Å². The summed E-state index contributed by atoms with van der Waals surface area (Å²) in [6, 6.07) is 2.69. The van der Waals surface area contributed by atoms with Crippen LogP contribution >= 0.6 is 0 Å². The second kappa shape index (κ2) is 5.71. The van der Waals surface area contributed by atoms with Crippen molar-refractivity contribution in [1.82, 2.24) is 9.80 Å². The Balaban J connectivity index is 1.91. The quantitative estimate of drug-likeness (QED) is 0.761. The Bertz CT molecular complexity index is 341. The molecule has 0 radical (unpaired) electrons. The molecule has 2 atom stereocenters. The van der Waals surface area contributed by atoms with E-state index in [4.69, 9.17) is 5.26 Å². The van der Waals surface area contributed by atoms with Gasteiger partial charge in [-0.3, -0.25) is 9.69 Å². The number of carbonyl (C=O) groups is 1. The molecular weight excluding hydrogens is 226 g/mol. The van der Waals surface area contributed by atoms with E-state index in [2.05, 4.69) is 11.0 Å². The van der Waals surface area contributed by atoms with Gasteiger partial charge < -0.3 is 4.90 Å². The van der Waals surface area contributed by atoms with Crippen LogP contribution in [0.5, 0.6) is 0 Å². The summed E-state index contributed by atoms with van der Waals surface area (Å²) < 4.78 is 0. The summed E-state index contributed by atoms with van der Waals surface area (Å²) in [5.74, 6) is -0.329. The number of likely N-dealkylation sites (tertiary alicyclic amines) is 2. The summed E-state index contributed by atoms with van der Waals surface area (Å²) in [5, 5.41) is 9.10. The van der Waals surface area contributed by atoms with Gasteiger partial charge in [0.25, 0.3) is 0 Å². The minimum atomic E-state index is -0.470. The van der Waals surface area contributed by atoms with Crippen LogP contribution in [0.3, 0.4) is 0 Å². The summed E-state index contributed by atoms with van der Waals surface area (Å²) >= 11 is 0. The molecule has 0 aromatic heterocycles. The fraction of sp³-hybridized carbons (Fsp3) is 0.857. The third kappa shape index (κ3) is 2.67. The second-order valence-corrected chi connectivity index (χ2v) is 5.82. The molecule has 2 rings (SSSR count). The van der Waals surface area contributed by atoms with Crippen molar-refractivity contribution in [1.29, 1.82) is 5.26 Å². The summed E-state index contributed by atoms with van der Waals surface area (Å²) in [5.41, 5.74) is 0. The van der Waals surface area contributed by atoms with Gasteiger partial charge in [-0.2, -0.15) is 5.26 Å². The molecule has 18 heavy (non-hydrogen) atoms. The lowest BCUT2D eigenvalue weighted by molar-refractivity contribution is -0.134. The standard InChI is InChI=1S/C14H23N3O/c1-11(2)13(9-15)14(18)17-8-5-12(10-17)16-6-3-4-7-16/h11-13H,3-8,10H2,1-2H3. The highest BCUT2D eigenvalue weighted by atomic mass is 16.2. The van der Waals surface area contributed by atoms with Gasteiger partial charge in [-0.05, 0) is 38.3 Å². The Kier molecular flexibility index (Phi) is 4.23. The van der Waals surface area contributed by atoms with Gasteiger partial charge in [0.05, 0.1) is 6.07 Å². The molecule has 0 bridgehead atoms. The molecule has 100 valence electrons. The van der Waals surface area contributed by atoms with Crippen LogP contribution in [0.15, 0.2) is 0 Å². The maximum Gasteiger partial charge on any atom is 0.240 e. The number of hydrogen-bond acceptors (Lipinski definition) is 3. The molecule has 0 aliphatic carbocycles. The van der Waals surface area contributed by atoms with Crippen LogP contribution in [0.4, 0.5) is 0 Å². The van der Waals surface area contributed by atoms with Gasteiger partial charge in [-0.25, -0.2) is 0 Å². The molecule has 2 aliphatic heterocycles. The van der Waals surface area contributed by atoms with Crippen molar-refractivity contribution >= 4 is 5.91 Å². The summed E-state index contributed by atoms with van der Waals surface area (Å²) in [4.78, 5) is 16.7. The highest BCUT2D eigenvalue weighted by Crippen LogP contribution is 2.23. The maximum atomic E-state index is 12.3. The third-order valence-corrected chi connectivity index (χ3v) is 4.20. The van der Waals surface area contributed by atoms with Crippen LogP contribution < -0.4 is 0 Å². The SMILES string of the molecule is CC(C)C(C#N)C(=O)N1CCC(N2CCCC2)C1. The number of nitrogens with zero attached hydrogens (tertiary/aromatic N) is 3. The van der Waals surface area contributed by atoms with Gasteiger partial charge >= 0.3 is 0 Å². The van der Waals surface area contributed by atoms with Gasteiger partial charge in [-0.1, -0.05) is 13.8 Å². The predicted molar refractivity (Wildman–Crippen MR) is 69.7 cm³/mol. The van der Waals surface area contributed by atoms with E-state index in [1.165, 1.54) is 25.9 Å². The smallest absolute Gasteiger partial charge is 0.240 e. The lowest BCUT2D eigenvalue weighted by Crippen LogP contribution is -2.40. The zero-order valence-electron chi connectivity index (χ0n) is 11.4. The van der Waals surface area contributed by atoms with E-state index in [1.807, 2.05) is 18.7 Å². The van der Waals surface area contributed by atoms with E-state index in [0.717, 1.165) is 19.5 Å². The van der Waals surface area contributed by atoms with Crippen LogP contribution in [0.2, 0.25) is 0 Å². The lowest BCUT2D eigenvalue weighted by Gasteiger charge is -2.25. The van der Waals surface area contributed by atoms with E-state index in [-0.39, 0.29) is 11.8 Å². The molecule has 0 aromatic carbocycles.